The SMILES string of the molecule is CC1(C)c2cccc3c2N2c4c1cccc4C(C)(C)c1cc(N(c4ccc(-c5ccc6ccccc6c5)cc4)c4ccc5ccccc5c4)cc(c12)C3(C)C. The van der Waals surface area contributed by atoms with Gasteiger partial charge < -0.3 is 9.80 Å². The minimum atomic E-state index is -0.229. The summed E-state index contributed by atoms with van der Waals surface area (Å²) in [4.78, 5) is 5.14. The van der Waals surface area contributed by atoms with Gasteiger partial charge in [0.15, 0.2) is 0 Å². The smallest absolute Gasteiger partial charge is 0.0545 e. The van der Waals surface area contributed by atoms with Crippen LogP contribution < -0.4 is 9.80 Å². The maximum absolute atomic E-state index is 2.66. The topological polar surface area (TPSA) is 6.48 Å². The van der Waals surface area contributed by atoms with Gasteiger partial charge in [0.2, 0.25) is 0 Å². The molecule has 266 valence electrons. The van der Waals surface area contributed by atoms with E-state index in [1.54, 1.807) is 0 Å². The number of hydrogen-bond donors (Lipinski definition) is 0. The zero-order chi connectivity index (χ0) is 37.4. The Morgan fingerprint density at radius 1 is 0.327 bits per heavy atom. The zero-order valence-corrected chi connectivity index (χ0v) is 32.4. The largest absolute Gasteiger partial charge is 0.310 e. The first kappa shape index (κ1) is 32.3. The number of nitrogens with zero attached hydrogens (tertiary/aromatic N) is 2. The molecule has 0 saturated carbocycles. The zero-order valence-electron chi connectivity index (χ0n) is 32.4. The molecule has 0 unspecified atom stereocenters. The predicted molar refractivity (Wildman–Crippen MR) is 233 cm³/mol. The minimum absolute atomic E-state index is 0.111. The van der Waals surface area contributed by atoms with Gasteiger partial charge in [0.1, 0.15) is 0 Å². The Bertz CT molecular complexity index is 2820. The molecule has 3 aliphatic heterocycles. The summed E-state index contributed by atoms with van der Waals surface area (Å²) in [6, 6.07) is 59.2. The van der Waals surface area contributed by atoms with Crippen LogP contribution in [0.2, 0.25) is 0 Å². The van der Waals surface area contributed by atoms with Gasteiger partial charge in [-0.1, -0.05) is 157 Å². The van der Waals surface area contributed by atoms with Crippen LogP contribution in [-0.4, -0.2) is 0 Å². The molecule has 55 heavy (non-hydrogen) atoms. The predicted octanol–water partition coefficient (Wildman–Crippen LogP) is 14.5. The summed E-state index contributed by atoms with van der Waals surface area (Å²) >= 11 is 0. The molecule has 3 heterocycles. The molecule has 0 saturated heterocycles. The Morgan fingerprint density at radius 3 is 1.29 bits per heavy atom. The van der Waals surface area contributed by atoms with Gasteiger partial charge in [0.25, 0.3) is 0 Å². The molecule has 8 aromatic carbocycles. The van der Waals surface area contributed by atoms with Crippen molar-refractivity contribution >= 4 is 55.7 Å². The highest BCUT2D eigenvalue weighted by molar-refractivity contribution is 6.00. The van der Waals surface area contributed by atoms with Crippen molar-refractivity contribution in [2.45, 2.75) is 57.8 Å². The second-order valence-corrected chi connectivity index (χ2v) is 17.5. The maximum atomic E-state index is 2.66. The summed E-state index contributed by atoms with van der Waals surface area (Å²) in [6.45, 7) is 14.6. The van der Waals surface area contributed by atoms with Gasteiger partial charge in [-0.2, -0.15) is 0 Å². The molecule has 0 spiro atoms. The number of fused-ring (bicyclic) bond motifs is 2. The minimum Gasteiger partial charge on any atom is -0.310 e. The van der Waals surface area contributed by atoms with E-state index in [4.69, 9.17) is 0 Å². The fraction of sp³-hybridized carbons (Fsp3) is 0.170. The number of rotatable bonds is 4. The molecular weight excluding hydrogens is 665 g/mol. The number of hydrogen-bond acceptors (Lipinski definition) is 2. The van der Waals surface area contributed by atoms with E-state index in [0.29, 0.717) is 0 Å². The Hall–Kier alpha value is -6.12. The van der Waals surface area contributed by atoms with E-state index in [1.165, 1.54) is 88.8 Å². The van der Waals surface area contributed by atoms with Crippen molar-refractivity contribution in [3.05, 3.63) is 191 Å². The Kier molecular flexibility index (Phi) is 6.45. The Labute approximate surface area is 324 Å². The lowest BCUT2D eigenvalue weighted by Crippen LogP contribution is -2.43. The van der Waals surface area contributed by atoms with Crippen LogP contribution in [0.4, 0.5) is 34.1 Å². The van der Waals surface area contributed by atoms with Crippen LogP contribution in [0.15, 0.2) is 158 Å². The molecule has 2 heteroatoms. The van der Waals surface area contributed by atoms with Crippen LogP contribution in [0.3, 0.4) is 0 Å². The van der Waals surface area contributed by atoms with Gasteiger partial charge in [0.05, 0.1) is 17.1 Å². The van der Waals surface area contributed by atoms with E-state index in [-0.39, 0.29) is 16.2 Å². The van der Waals surface area contributed by atoms with Gasteiger partial charge in [0, 0.05) is 33.3 Å². The average Bonchev–Trinajstić information content (AvgIpc) is 3.20. The lowest BCUT2D eigenvalue weighted by atomic mass is 9.61. The van der Waals surface area contributed by atoms with Crippen molar-refractivity contribution in [2.75, 3.05) is 9.80 Å². The summed E-state index contributed by atoms with van der Waals surface area (Å²) < 4.78 is 0. The number of benzene rings is 8. The van der Waals surface area contributed by atoms with Crippen molar-refractivity contribution in [1.29, 1.82) is 0 Å². The fourth-order valence-electron chi connectivity index (χ4n) is 10.2. The highest BCUT2D eigenvalue weighted by Gasteiger charge is 2.51. The summed E-state index contributed by atoms with van der Waals surface area (Å²) in [5.41, 5.74) is 17.8. The van der Waals surface area contributed by atoms with Crippen molar-refractivity contribution in [3.8, 4) is 11.1 Å². The number of para-hydroxylation sites is 2. The quantitative estimate of drug-likeness (QED) is 0.180. The summed E-state index contributed by atoms with van der Waals surface area (Å²) in [5.74, 6) is 0. The third kappa shape index (κ3) is 4.37. The molecule has 0 atom stereocenters. The van der Waals surface area contributed by atoms with Gasteiger partial charge in [-0.05, 0) is 109 Å². The first-order chi connectivity index (χ1) is 26.5. The molecule has 0 bridgehead atoms. The molecule has 3 aliphatic rings. The first-order valence-electron chi connectivity index (χ1n) is 19.7. The van der Waals surface area contributed by atoms with Crippen LogP contribution in [0.5, 0.6) is 0 Å². The molecule has 0 aromatic heterocycles. The Balaban J connectivity index is 1.16. The van der Waals surface area contributed by atoms with Gasteiger partial charge in [-0.25, -0.2) is 0 Å². The van der Waals surface area contributed by atoms with E-state index < -0.39 is 0 Å². The van der Waals surface area contributed by atoms with Crippen LogP contribution in [0.25, 0.3) is 32.7 Å². The fourth-order valence-corrected chi connectivity index (χ4v) is 10.2. The second-order valence-electron chi connectivity index (χ2n) is 17.5. The molecule has 0 aliphatic carbocycles. The number of anilines is 6. The van der Waals surface area contributed by atoms with Crippen LogP contribution >= 0.6 is 0 Å². The summed E-state index contributed by atoms with van der Waals surface area (Å²) in [5, 5.41) is 5.00. The monoisotopic (exact) mass is 708 g/mol. The van der Waals surface area contributed by atoms with E-state index in [0.717, 1.165) is 11.4 Å². The van der Waals surface area contributed by atoms with Crippen molar-refractivity contribution in [1.82, 2.24) is 0 Å². The van der Waals surface area contributed by atoms with Crippen molar-refractivity contribution < 1.29 is 0 Å². The second kappa shape index (κ2) is 11.0. The molecular formula is C53H44N2. The normalized spacial score (nSPS) is 16.2. The third-order valence-corrected chi connectivity index (χ3v) is 13.3. The molecule has 0 N–H and O–H groups in total. The molecule has 0 radical (unpaired) electrons. The highest BCUT2D eigenvalue weighted by atomic mass is 15.2. The highest BCUT2D eigenvalue weighted by Crippen LogP contribution is 2.66. The lowest BCUT2D eigenvalue weighted by molar-refractivity contribution is 0.566. The standard InChI is InChI=1S/C53H44N2/c1-51(2)42-17-11-19-44-48(42)55-49-43(51)18-12-20-45(49)53(5,6)47-32-41(31-46(50(47)55)52(44,3)4)54(40-28-25-34-14-8-10-16-37(34)30-40)39-26-23-35(24-27-39)38-22-21-33-13-7-9-15-36(33)29-38/h7-32H,1-6H3. The van der Waals surface area contributed by atoms with Crippen LogP contribution in [0, 0.1) is 0 Å². The van der Waals surface area contributed by atoms with Gasteiger partial charge in [-0.3, -0.25) is 0 Å². The third-order valence-electron chi connectivity index (χ3n) is 13.3. The molecule has 8 aromatic rings. The molecule has 2 nitrogen and oxygen atoms in total. The van der Waals surface area contributed by atoms with Gasteiger partial charge in [-0.15, -0.1) is 0 Å². The van der Waals surface area contributed by atoms with E-state index >= 15 is 0 Å². The lowest BCUT2D eigenvalue weighted by Gasteiger charge is -2.55. The molecule has 0 amide bonds. The van der Waals surface area contributed by atoms with Crippen LogP contribution in [0.1, 0.15) is 74.9 Å². The average molecular weight is 709 g/mol. The van der Waals surface area contributed by atoms with E-state index in [1.807, 2.05) is 0 Å². The molecule has 0 fully saturated rings. The van der Waals surface area contributed by atoms with Crippen LogP contribution in [-0.2, 0) is 16.2 Å². The Morgan fingerprint density at radius 2 is 0.745 bits per heavy atom. The van der Waals surface area contributed by atoms with E-state index in [9.17, 15) is 0 Å². The van der Waals surface area contributed by atoms with E-state index in [2.05, 4.69) is 209 Å². The first-order valence-corrected chi connectivity index (χ1v) is 19.7. The van der Waals surface area contributed by atoms with Gasteiger partial charge >= 0.3 is 0 Å². The van der Waals surface area contributed by atoms with Crippen molar-refractivity contribution in [3.63, 3.8) is 0 Å². The summed E-state index contributed by atoms with van der Waals surface area (Å²) in [6.07, 6.45) is 0. The maximum Gasteiger partial charge on any atom is 0.0545 e. The van der Waals surface area contributed by atoms with Crippen molar-refractivity contribution in [2.24, 2.45) is 0 Å². The molecule has 11 rings (SSSR count). The summed E-state index contributed by atoms with van der Waals surface area (Å²) in [7, 11) is 0.